The number of amides is 1. The van der Waals surface area contributed by atoms with Gasteiger partial charge in [0, 0.05) is 24.9 Å². The van der Waals surface area contributed by atoms with Crippen molar-refractivity contribution >= 4 is 21.8 Å². The van der Waals surface area contributed by atoms with Crippen LogP contribution in [0.3, 0.4) is 0 Å². The van der Waals surface area contributed by atoms with Crippen molar-refractivity contribution < 1.29 is 31.1 Å². The van der Waals surface area contributed by atoms with Gasteiger partial charge in [-0.3, -0.25) is 14.5 Å². The number of nitrogens with one attached hydrogen (secondary N) is 1. The van der Waals surface area contributed by atoms with E-state index < -0.39 is 27.9 Å². The number of pyridine rings is 1. The smallest absolute Gasteiger partial charge is 0.416 e. The number of benzene rings is 2. The lowest BCUT2D eigenvalue weighted by Gasteiger charge is -2.20. The molecule has 1 amide bonds. The van der Waals surface area contributed by atoms with Crippen LogP contribution >= 0.6 is 0 Å². The molecule has 0 unspecified atom stereocenters. The second-order valence-corrected chi connectivity index (χ2v) is 8.69. The van der Waals surface area contributed by atoms with Gasteiger partial charge >= 0.3 is 16.4 Å². The summed E-state index contributed by atoms with van der Waals surface area (Å²) in [5.41, 5.74) is 0.370. The molecule has 0 atom stereocenters. The van der Waals surface area contributed by atoms with E-state index in [2.05, 4.69) is 9.71 Å². The molecule has 174 valence electrons. The van der Waals surface area contributed by atoms with Gasteiger partial charge in [-0.05, 0) is 35.7 Å². The van der Waals surface area contributed by atoms with E-state index >= 15 is 0 Å². The van der Waals surface area contributed by atoms with Gasteiger partial charge in [0.15, 0.2) is 0 Å². The Balaban J connectivity index is 1.84. The number of carbonyl (C=O) groups is 1. The Labute approximate surface area is 189 Å². The van der Waals surface area contributed by atoms with Crippen LogP contribution in [0.5, 0.6) is 5.75 Å². The van der Waals surface area contributed by atoms with Gasteiger partial charge in [0.2, 0.25) is 0 Å². The number of aromatic nitrogens is 1. The maximum atomic E-state index is 13.0. The summed E-state index contributed by atoms with van der Waals surface area (Å²) in [5, 5.41) is 0. The van der Waals surface area contributed by atoms with Crippen LogP contribution in [0.15, 0.2) is 67.0 Å². The number of halogens is 3. The van der Waals surface area contributed by atoms with Crippen LogP contribution in [0.4, 0.5) is 18.9 Å². The van der Waals surface area contributed by atoms with Crippen molar-refractivity contribution in [1.29, 1.82) is 0 Å². The Morgan fingerprint density at radius 2 is 1.76 bits per heavy atom. The van der Waals surface area contributed by atoms with Crippen molar-refractivity contribution in [3.8, 4) is 5.75 Å². The maximum absolute atomic E-state index is 13.0. The number of hydrogen-bond acceptors (Lipinski definition) is 5. The SMILES string of the molecule is COc1ccncc1NS(=O)(=O)N(C)C(=O)c1ccccc1Cc1ccc(C(F)(F)F)cc1. The van der Waals surface area contributed by atoms with Crippen LogP contribution < -0.4 is 9.46 Å². The lowest BCUT2D eigenvalue weighted by molar-refractivity contribution is -0.137. The Morgan fingerprint density at radius 3 is 2.39 bits per heavy atom. The number of ether oxygens (including phenoxy) is 1. The first-order valence-corrected chi connectivity index (χ1v) is 11.0. The van der Waals surface area contributed by atoms with Gasteiger partial charge in [-0.25, -0.2) is 4.31 Å². The third kappa shape index (κ3) is 5.61. The molecule has 3 rings (SSSR count). The number of rotatable bonds is 7. The minimum absolute atomic E-state index is 0.0534. The molecule has 1 heterocycles. The molecule has 0 radical (unpaired) electrons. The Hall–Kier alpha value is -3.60. The lowest BCUT2D eigenvalue weighted by Crippen LogP contribution is -2.38. The Bertz CT molecular complexity index is 1250. The van der Waals surface area contributed by atoms with Gasteiger partial charge < -0.3 is 4.74 Å². The van der Waals surface area contributed by atoms with E-state index in [0.29, 0.717) is 15.4 Å². The van der Waals surface area contributed by atoms with Crippen LogP contribution in [0.1, 0.15) is 27.0 Å². The number of anilines is 1. The number of methoxy groups -OCH3 is 1. The summed E-state index contributed by atoms with van der Waals surface area (Å²) in [6, 6.07) is 12.3. The van der Waals surface area contributed by atoms with E-state index in [-0.39, 0.29) is 23.4 Å². The van der Waals surface area contributed by atoms with Crippen molar-refractivity contribution in [3.63, 3.8) is 0 Å². The van der Waals surface area contributed by atoms with Crippen LogP contribution in [0.2, 0.25) is 0 Å². The average Bonchev–Trinajstić information content (AvgIpc) is 2.78. The van der Waals surface area contributed by atoms with E-state index in [9.17, 15) is 26.4 Å². The molecule has 0 bridgehead atoms. The summed E-state index contributed by atoms with van der Waals surface area (Å²) in [5.74, 6) is -0.593. The standard InChI is InChI=1S/C22H20F3N3O4S/c1-28(33(30,31)27-19-14-26-12-11-20(19)32-2)21(29)18-6-4-3-5-16(18)13-15-7-9-17(10-8-15)22(23,24)25/h3-12,14,27H,13H2,1-2H3. The number of nitrogens with zero attached hydrogens (tertiary/aromatic N) is 2. The molecule has 1 aromatic heterocycles. The molecule has 0 aliphatic heterocycles. The molecule has 0 saturated carbocycles. The summed E-state index contributed by atoms with van der Waals surface area (Å²) in [7, 11) is -1.86. The van der Waals surface area contributed by atoms with Gasteiger partial charge in [-0.1, -0.05) is 30.3 Å². The number of hydrogen-bond donors (Lipinski definition) is 1. The zero-order valence-electron chi connectivity index (χ0n) is 17.6. The first-order valence-electron chi connectivity index (χ1n) is 9.56. The summed E-state index contributed by atoms with van der Waals surface area (Å²) in [6.07, 6.45) is -1.65. The van der Waals surface area contributed by atoms with Crippen LogP contribution in [0, 0.1) is 0 Å². The minimum Gasteiger partial charge on any atom is -0.494 e. The Morgan fingerprint density at radius 1 is 1.09 bits per heavy atom. The zero-order valence-corrected chi connectivity index (χ0v) is 18.4. The molecule has 0 aliphatic carbocycles. The van der Waals surface area contributed by atoms with Crippen molar-refractivity contribution in [2.24, 2.45) is 0 Å². The molecule has 3 aromatic rings. The molecular formula is C22H20F3N3O4S. The molecule has 33 heavy (non-hydrogen) atoms. The second kappa shape index (κ2) is 9.49. The molecule has 7 nitrogen and oxygen atoms in total. The highest BCUT2D eigenvalue weighted by molar-refractivity contribution is 7.91. The van der Waals surface area contributed by atoms with E-state index in [1.54, 1.807) is 18.2 Å². The van der Waals surface area contributed by atoms with Gasteiger partial charge in [0.05, 0.1) is 18.9 Å². The van der Waals surface area contributed by atoms with Gasteiger partial charge in [0.25, 0.3) is 5.91 Å². The fourth-order valence-corrected chi connectivity index (χ4v) is 3.92. The molecule has 1 N–H and O–H groups in total. The molecule has 11 heteroatoms. The molecule has 0 aliphatic rings. The van der Waals surface area contributed by atoms with Crippen LogP contribution in [0.25, 0.3) is 0 Å². The molecular weight excluding hydrogens is 459 g/mol. The second-order valence-electron chi connectivity index (χ2n) is 6.98. The summed E-state index contributed by atoms with van der Waals surface area (Å²) in [6.45, 7) is 0. The third-order valence-corrected chi connectivity index (χ3v) is 6.17. The highest BCUT2D eigenvalue weighted by atomic mass is 32.2. The number of alkyl halides is 3. The molecule has 0 spiro atoms. The predicted octanol–water partition coefficient (Wildman–Crippen LogP) is 4.13. The lowest BCUT2D eigenvalue weighted by atomic mass is 9.98. The van der Waals surface area contributed by atoms with Gasteiger partial charge in [-0.15, -0.1) is 0 Å². The van der Waals surface area contributed by atoms with Crippen molar-refractivity contribution in [2.75, 3.05) is 18.9 Å². The number of carbonyl (C=O) groups excluding carboxylic acids is 1. The minimum atomic E-state index is -4.45. The van der Waals surface area contributed by atoms with Crippen molar-refractivity contribution in [2.45, 2.75) is 12.6 Å². The largest absolute Gasteiger partial charge is 0.494 e. The van der Waals surface area contributed by atoms with E-state index in [4.69, 9.17) is 4.74 Å². The third-order valence-electron chi connectivity index (χ3n) is 4.81. The van der Waals surface area contributed by atoms with Crippen molar-refractivity contribution in [1.82, 2.24) is 9.29 Å². The summed E-state index contributed by atoms with van der Waals surface area (Å²) >= 11 is 0. The fraction of sp³-hybridized carbons (Fsp3) is 0.182. The van der Waals surface area contributed by atoms with Gasteiger partial charge in [-0.2, -0.15) is 21.6 Å². The predicted molar refractivity (Wildman–Crippen MR) is 116 cm³/mol. The first kappa shape index (κ1) is 24.1. The van der Waals surface area contributed by atoms with Crippen molar-refractivity contribution in [3.05, 3.63) is 89.2 Å². The molecule has 0 fully saturated rings. The molecule has 2 aromatic carbocycles. The topological polar surface area (TPSA) is 88.6 Å². The monoisotopic (exact) mass is 479 g/mol. The molecule has 0 saturated heterocycles. The highest BCUT2D eigenvalue weighted by Gasteiger charge is 2.30. The van der Waals surface area contributed by atoms with E-state index in [1.807, 2.05) is 0 Å². The average molecular weight is 479 g/mol. The quantitative estimate of drug-likeness (QED) is 0.551. The van der Waals surface area contributed by atoms with Gasteiger partial charge in [0.1, 0.15) is 11.4 Å². The summed E-state index contributed by atoms with van der Waals surface area (Å²) < 4.78 is 71.9. The normalized spacial score (nSPS) is 11.7. The van der Waals surface area contributed by atoms with E-state index in [0.717, 1.165) is 19.2 Å². The Kier molecular flexibility index (Phi) is 6.92. The zero-order chi connectivity index (χ0) is 24.2. The first-order chi connectivity index (χ1) is 15.5. The van der Waals surface area contributed by atoms with Crippen LogP contribution in [-0.4, -0.2) is 37.8 Å². The summed E-state index contributed by atoms with van der Waals surface area (Å²) in [4.78, 5) is 16.9. The maximum Gasteiger partial charge on any atom is 0.416 e. The highest BCUT2D eigenvalue weighted by Crippen LogP contribution is 2.30. The van der Waals surface area contributed by atoms with E-state index in [1.165, 1.54) is 43.8 Å². The van der Waals surface area contributed by atoms with Crippen LogP contribution in [-0.2, 0) is 22.8 Å². The fourth-order valence-electron chi connectivity index (χ4n) is 3.04.